The lowest BCUT2D eigenvalue weighted by molar-refractivity contribution is 0.362. The molecule has 0 aromatic heterocycles. The van der Waals surface area contributed by atoms with E-state index in [0.29, 0.717) is 16.7 Å². The molecular weight excluding hydrogens is 303 g/mol. The quantitative estimate of drug-likeness (QED) is 0.692. The molecule has 3 heteroatoms. The van der Waals surface area contributed by atoms with Gasteiger partial charge in [-0.15, -0.1) is 0 Å². The van der Waals surface area contributed by atoms with Crippen molar-refractivity contribution in [1.82, 2.24) is 0 Å². The maximum atomic E-state index is 5.93. The summed E-state index contributed by atoms with van der Waals surface area (Å²) < 4.78 is 5.58. The number of benzene rings is 2. The summed E-state index contributed by atoms with van der Waals surface area (Å²) in [5.41, 5.74) is 1.73. The second-order valence-corrected chi connectivity index (χ2v) is 5.29. The van der Waals surface area contributed by atoms with Gasteiger partial charge in [0.15, 0.2) is 0 Å². The van der Waals surface area contributed by atoms with Gasteiger partial charge in [-0.1, -0.05) is 53.2 Å². The molecule has 0 aliphatic rings. The number of ether oxygens (including phenoxy) is 1. The lowest BCUT2D eigenvalue weighted by Gasteiger charge is -2.01. The predicted molar refractivity (Wildman–Crippen MR) is 89.0 cm³/mol. The number of rotatable bonds is 3. The van der Waals surface area contributed by atoms with Gasteiger partial charge in [-0.05, 0) is 48.9 Å². The van der Waals surface area contributed by atoms with E-state index < -0.39 is 0 Å². The van der Waals surface area contributed by atoms with Crippen molar-refractivity contribution >= 4 is 23.2 Å². The van der Waals surface area contributed by atoms with Crippen LogP contribution in [-0.4, -0.2) is 6.61 Å². The first-order valence-electron chi connectivity index (χ1n) is 6.46. The molecule has 2 aromatic rings. The summed E-state index contributed by atoms with van der Waals surface area (Å²) in [6.45, 7) is 2.42. The second-order valence-electron chi connectivity index (χ2n) is 4.42. The third kappa shape index (κ3) is 5.55. The Balaban J connectivity index is 1.96. The lowest BCUT2D eigenvalue weighted by Crippen LogP contribution is -1.93. The first kappa shape index (κ1) is 15.5. The maximum absolute atomic E-state index is 5.93. The summed E-state index contributed by atoms with van der Waals surface area (Å²) in [6.07, 6.45) is 1.94. The molecule has 0 spiro atoms. The van der Waals surface area contributed by atoms with Crippen molar-refractivity contribution in [3.63, 3.8) is 0 Å². The fraction of sp³-hybridized carbons (Fsp3) is 0.111. The number of hydrogen-bond donors (Lipinski definition) is 0. The van der Waals surface area contributed by atoms with Crippen molar-refractivity contribution in [3.8, 4) is 17.6 Å². The molecule has 0 N–H and O–H groups in total. The zero-order valence-corrected chi connectivity index (χ0v) is 13.1. The normalized spacial score (nSPS) is 10.7. The number of allylic oxidation sites excluding steroid dienone is 1. The molecule has 0 bridgehead atoms. The van der Waals surface area contributed by atoms with E-state index in [0.717, 1.165) is 16.9 Å². The minimum atomic E-state index is 0.487. The highest BCUT2D eigenvalue weighted by Gasteiger charge is 1.95. The molecule has 2 aromatic carbocycles. The Morgan fingerprint density at radius 1 is 1.10 bits per heavy atom. The van der Waals surface area contributed by atoms with Gasteiger partial charge in [0, 0.05) is 15.6 Å². The molecule has 0 saturated carbocycles. The van der Waals surface area contributed by atoms with Gasteiger partial charge in [0.2, 0.25) is 0 Å². The summed E-state index contributed by atoms with van der Waals surface area (Å²) in [5, 5.41) is 1.17. The van der Waals surface area contributed by atoms with E-state index in [2.05, 4.69) is 11.8 Å². The van der Waals surface area contributed by atoms with Crippen molar-refractivity contribution < 1.29 is 4.74 Å². The molecule has 0 radical (unpaired) electrons. The van der Waals surface area contributed by atoms with Crippen molar-refractivity contribution in [2.75, 3.05) is 6.61 Å². The van der Waals surface area contributed by atoms with E-state index in [-0.39, 0.29) is 0 Å². The Hall–Kier alpha value is -1.88. The van der Waals surface area contributed by atoms with Crippen LogP contribution in [0.4, 0.5) is 0 Å². The number of halogens is 2. The standard InChI is InChI=1S/C18H14Cl2O/c1-14(9-10-21-18-5-3-2-4-6-18)7-8-15-11-16(19)13-17(20)12-15/h2-6,9,11-13H,10H2,1H3. The van der Waals surface area contributed by atoms with Crippen molar-refractivity contribution in [2.24, 2.45) is 0 Å². The Labute approximate surface area is 135 Å². The third-order valence-electron chi connectivity index (χ3n) is 2.65. The van der Waals surface area contributed by atoms with Crippen molar-refractivity contribution in [1.29, 1.82) is 0 Å². The van der Waals surface area contributed by atoms with Gasteiger partial charge in [-0.3, -0.25) is 0 Å². The van der Waals surface area contributed by atoms with Gasteiger partial charge in [0.25, 0.3) is 0 Å². The van der Waals surface area contributed by atoms with Crippen LogP contribution < -0.4 is 4.74 Å². The van der Waals surface area contributed by atoms with E-state index in [1.54, 1.807) is 18.2 Å². The molecule has 21 heavy (non-hydrogen) atoms. The number of hydrogen-bond acceptors (Lipinski definition) is 1. The molecule has 0 amide bonds. The van der Waals surface area contributed by atoms with Crippen LogP contribution in [-0.2, 0) is 0 Å². The van der Waals surface area contributed by atoms with Crippen LogP contribution >= 0.6 is 23.2 Å². The van der Waals surface area contributed by atoms with Gasteiger partial charge in [0.05, 0.1) is 0 Å². The zero-order chi connectivity index (χ0) is 15.1. The van der Waals surface area contributed by atoms with Crippen LogP contribution in [0, 0.1) is 11.8 Å². The molecule has 0 unspecified atom stereocenters. The topological polar surface area (TPSA) is 9.23 Å². The molecule has 2 rings (SSSR count). The van der Waals surface area contributed by atoms with Crippen molar-refractivity contribution in [2.45, 2.75) is 6.92 Å². The summed E-state index contributed by atoms with van der Waals surface area (Å²) >= 11 is 11.9. The smallest absolute Gasteiger partial charge is 0.119 e. The highest BCUT2D eigenvalue weighted by molar-refractivity contribution is 6.34. The molecule has 1 nitrogen and oxygen atoms in total. The fourth-order valence-electron chi connectivity index (χ4n) is 1.63. The van der Waals surface area contributed by atoms with E-state index in [4.69, 9.17) is 27.9 Å². The SMILES string of the molecule is CC(C#Cc1cc(Cl)cc(Cl)c1)=CCOc1ccccc1. The molecule has 0 saturated heterocycles. The first-order chi connectivity index (χ1) is 10.1. The molecule has 106 valence electrons. The predicted octanol–water partition coefficient (Wildman–Crippen LogP) is 5.37. The van der Waals surface area contributed by atoms with E-state index in [9.17, 15) is 0 Å². The molecule has 0 atom stereocenters. The average Bonchev–Trinajstić information content (AvgIpc) is 2.45. The largest absolute Gasteiger partial charge is 0.490 e. The van der Waals surface area contributed by atoms with E-state index in [1.165, 1.54) is 0 Å². The van der Waals surface area contributed by atoms with Gasteiger partial charge in [-0.25, -0.2) is 0 Å². The van der Waals surface area contributed by atoms with Crippen LogP contribution in [0.15, 0.2) is 60.2 Å². The Morgan fingerprint density at radius 3 is 2.43 bits per heavy atom. The Kier molecular flexibility index (Phi) is 5.75. The summed E-state index contributed by atoms with van der Waals surface area (Å²) in [5.74, 6) is 6.93. The molecule has 0 aliphatic carbocycles. The summed E-state index contributed by atoms with van der Waals surface area (Å²) in [7, 11) is 0. The van der Waals surface area contributed by atoms with Gasteiger partial charge in [0.1, 0.15) is 12.4 Å². The highest BCUT2D eigenvalue weighted by Crippen LogP contribution is 2.18. The summed E-state index contributed by atoms with van der Waals surface area (Å²) in [4.78, 5) is 0. The monoisotopic (exact) mass is 316 g/mol. The Morgan fingerprint density at radius 2 is 1.76 bits per heavy atom. The first-order valence-corrected chi connectivity index (χ1v) is 7.22. The highest BCUT2D eigenvalue weighted by atomic mass is 35.5. The van der Waals surface area contributed by atoms with Crippen molar-refractivity contribution in [3.05, 3.63) is 75.8 Å². The number of para-hydroxylation sites is 1. The third-order valence-corrected chi connectivity index (χ3v) is 3.09. The van der Waals surface area contributed by atoms with E-state index in [1.807, 2.05) is 43.3 Å². The minimum Gasteiger partial charge on any atom is -0.490 e. The van der Waals surface area contributed by atoms with Gasteiger partial charge in [-0.2, -0.15) is 0 Å². The molecule has 0 heterocycles. The molecule has 0 fully saturated rings. The summed E-state index contributed by atoms with van der Waals surface area (Å²) in [6, 6.07) is 14.9. The second kappa shape index (κ2) is 7.78. The van der Waals surface area contributed by atoms with E-state index >= 15 is 0 Å². The molecular formula is C18H14Cl2O. The van der Waals surface area contributed by atoms with Gasteiger partial charge < -0.3 is 4.74 Å². The van der Waals surface area contributed by atoms with Gasteiger partial charge >= 0.3 is 0 Å². The van der Waals surface area contributed by atoms with Crippen LogP contribution in [0.25, 0.3) is 0 Å². The zero-order valence-electron chi connectivity index (χ0n) is 11.6. The van der Waals surface area contributed by atoms with Crippen LogP contribution in [0.5, 0.6) is 5.75 Å². The Bertz CT molecular complexity index is 674. The average molecular weight is 317 g/mol. The fourth-order valence-corrected chi connectivity index (χ4v) is 2.15. The van der Waals surface area contributed by atoms with Crippen LogP contribution in [0.1, 0.15) is 12.5 Å². The van der Waals surface area contributed by atoms with Crippen LogP contribution in [0.3, 0.4) is 0 Å². The maximum Gasteiger partial charge on any atom is 0.119 e. The van der Waals surface area contributed by atoms with Crippen LogP contribution in [0.2, 0.25) is 10.0 Å². The minimum absolute atomic E-state index is 0.487. The lowest BCUT2D eigenvalue weighted by atomic mass is 10.2. The molecule has 0 aliphatic heterocycles.